The van der Waals surface area contributed by atoms with Crippen molar-refractivity contribution in [2.45, 2.75) is 70.9 Å². The Bertz CT molecular complexity index is 932. The molecular weight excluding hydrogens is 444 g/mol. The van der Waals surface area contributed by atoms with E-state index in [-0.39, 0.29) is 19.7 Å². The summed E-state index contributed by atoms with van der Waals surface area (Å²) < 4.78 is 0. The first-order valence-corrected chi connectivity index (χ1v) is 11.6. The predicted molar refractivity (Wildman–Crippen MR) is 120 cm³/mol. The number of unbranched alkanes of at least 4 members (excludes halogenated alkanes) is 1. The zero-order valence-corrected chi connectivity index (χ0v) is 19.9. The lowest BCUT2D eigenvalue weighted by molar-refractivity contribution is -0.138. The van der Waals surface area contributed by atoms with Gasteiger partial charge >= 0.3 is 12.1 Å². The lowest BCUT2D eigenvalue weighted by atomic mass is 9.71. The molecular formula is C22H34N6O6. The van der Waals surface area contributed by atoms with E-state index < -0.39 is 58.2 Å². The van der Waals surface area contributed by atoms with E-state index >= 15 is 0 Å². The fourth-order valence-corrected chi connectivity index (χ4v) is 4.87. The van der Waals surface area contributed by atoms with Crippen molar-refractivity contribution in [2.75, 3.05) is 19.7 Å². The molecule has 12 heteroatoms. The number of aliphatic hydroxyl groups is 1. The first-order valence-electron chi connectivity index (χ1n) is 11.6. The van der Waals surface area contributed by atoms with Crippen LogP contribution < -0.4 is 16.8 Å². The molecule has 1 saturated carbocycles. The van der Waals surface area contributed by atoms with Crippen LogP contribution in [0.1, 0.15) is 59.3 Å². The highest BCUT2D eigenvalue weighted by molar-refractivity contribution is 6.29. The minimum absolute atomic E-state index is 0.148. The summed E-state index contributed by atoms with van der Waals surface area (Å²) in [6.07, 6.45) is 2.83. The third-order valence-corrected chi connectivity index (χ3v) is 7.26. The smallest absolute Gasteiger partial charge is 0.334 e. The number of urea groups is 2. The maximum atomic E-state index is 13.2. The lowest BCUT2D eigenvalue weighted by Gasteiger charge is -2.46. The number of rotatable bonds is 7. The van der Waals surface area contributed by atoms with Crippen LogP contribution in [0.15, 0.2) is 11.4 Å². The van der Waals surface area contributed by atoms with E-state index in [0.29, 0.717) is 32.1 Å². The monoisotopic (exact) mass is 478 g/mol. The summed E-state index contributed by atoms with van der Waals surface area (Å²) in [5.74, 6) is -2.43. The van der Waals surface area contributed by atoms with Crippen molar-refractivity contribution >= 4 is 29.8 Å². The van der Waals surface area contributed by atoms with Gasteiger partial charge in [0.15, 0.2) is 0 Å². The van der Waals surface area contributed by atoms with E-state index in [1.807, 2.05) is 6.92 Å². The molecule has 3 fully saturated rings. The van der Waals surface area contributed by atoms with Gasteiger partial charge in [0.25, 0.3) is 17.7 Å². The van der Waals surface area contributed by atoms with Gasteiger partial charge < -0.3 is 21.5 Å². The maximum absolute atomic E-state index is 13.2. The van der Waals surface area contributed by atoms with Gasteiger partial charge in [-0.1, -0.05) is 13.3 Å². The summed E-state index contributed by atoms with van der Waals surface area (Å²) in [5.41, 5.74) is 9.12. The fraction of sp³-hybridized carbons (Fsp3) is 0.682. The average Bonchev–Trinajstić information content (AvgIpc) is 2.96. The Morgan fingerprint density at radius 3 is 2.18 bits per heavy atom. The molecule has 0 spiro atoms. The topological polar surface area (TPSA) is 179 Å². The number of nitrogens with one attached hydrogen (secondary N) is 1. The number of hydrogen-bond acceptors (Lipinski definition) is 8. The van der Waals surface area contributed by atoms with E-state index in [4.69, 9.17) is 11.5 Å². The van der Waals surface area contributed by atoms with E-state index in [0.717, 1.165) is 16.2 Å². The number of amides is 7. The molecule has 2 heterocycles. The normalized spacial score (nSPS) is 27.5. The summed E-state index contributed by atoms with van der Waals surface area (Å²) in [6, 6.07) is -1.72. The second kappa shape index (κ2) is 9.24. The molecule has 0 unspecified atom stereocenters. The minimum Gasteiger partial charge on any atom is -0.396 e. The van der Waals surface area contributed by atoms with Crippen LogP contribution in [-0.4, -0.2) is 80.9 Å². The van der Waals surface area contributed by atoms with Crippen LogP contribution in [-0.2, 0) is 14.4 Å². The van der Waals surface area contributed by atoms with Crippen LogP contribution in [0, 0.1) is 5.41 Å². The van der Waals surface area contributed by atoms with Crippen LogP contribution in [0.5, 0.6) is 0 Å². The predicted octanol–water partition coefficient (Wildman–Crippen LogP) is -0.0420. The van der Waals surface area contributed by atoms with Crippen molar-refractivity contribution in [2.24, 2.45) is 16.9 Å². The number of barbiturate groups is 1. The number of nitrogens with zero attached hydrogens (tertiary/aromatic N) is 3. The molecule has 12 nitrogen and oxygen atoms in total. The zero-order valence-electron chi connectivity index (χ0n) is 19.9. The SMILES string of the molecule is CCCCN1C(=O)C(=C(N)N)C(=O)N(C2CCC(CO)(CN3C(=O)NC(=O)C3(C)C)CC2)C1=O. The van der Waals surface area contributed by atoms with Gasteiger partial charge in [-0.2, -0.15) is 0 Å². The van der Waals surface area contributed by atoms with Crippen molar-refractivity contribution in [3.05, 3.63) is 11.4 Å². The molecule has 0 atom stereocenters. The Morgan fingerprint density at radius 2 is 1.71 bits per heavy atom. The van der Waals surface area contributed by atoms with E-state index in [2.05, 4.69) is 5.32 Å². The quantitative estimate of drug-likeness (QED) is 0.223. The molecule has 0 aromatic rings. The van der Waals surface area contributed by atoms with Crippen molar-refractivity contribution in [3.63, 3.8) is 0 Å². The number of carbonyl (C=O) groups is 5. The van der Waals surface area contributed by atoms with Gasteiger partial charge in [-0.3, -0.25) is 29.5 Å². The zero-order chi connectivity index (χ0) is 25.4. The molecule has 0 bridgehead atoms. The van der Waals surface area contributed by atoms with Crippen molar-refractivity contribution < 1.29 is 29.1 Å². The highest BCUT2D eigenvalue weighted by Crippen LogP contribution is 2.41. The molecule has 3 aliphatic rings. The van der Waals surface area contributed by atoms with Gasteiger partial charge in [0.2, 0.25) is 0 Å². The summed E-state index contributed by atoms with van der Waals surface area (Å²) in [4.78, 5) is 66.9. The van der Waals surface area contributed by atoms with Gasteiger partial charge in [-0.25, -0.2) is 9.59 Å². The molecule has 3 rings (SSSR count). The van der Waals surface area contributed by atoms with Crippen molar-refractivity contribution in [3.8, 4) is 0 Å². The summed E-state index contributed by atoms with van der Waals surface area (Å²) in [6.45, 7) is 5.28. The van der Waals surface area contributed by atoms with Crippen LogP contribution in [0.2, 0.25) is 0 Å². The number of carbonyl (C=O) groups excluding carboxylic acids is 5. The van der Waals surface area contributed by atoms with Gasteiger partial charge in [0, 0.05) is 24.5 Å². The second-order valence-corrected chi connectivity index (χ2v) is 9.89. The molecule has 2 aliphatic heterocycles. The van der Waals surface area contributed by atoms with Gasteiger partial charge in [-0.05, 0) is 46.0 Å². The molecule has 0 radical (unpaired) electrons. The van der Waals surface area contributed by atoms with E-state index in [9.17, 15) is 29.1 Å². The molecule has 0 aromatic carbocycles. The molecule has 188 valence electrons. The van der Waals surface area contributed by atoms with Crippen LogP contribution in [0.4, 0.5) is 9.59 Å². The lowest BCUT2D eigenvalue weighted by Crippen LogP contribution is -2.61. The maximum Gasteiger partial charge on any atom is 0.334 e. The largest absolute Gasteiger partial charge is 0.396 e. The Hall–Kier alpha value is -3.15. The number of imide groups is 3. The third-order valence-electron chi connectivity index (χ3n) is 7.26. The van der Waals surface area contributed by atoms with E-state index in [1.165, 1.54) is 4.90 Å². The first-order chi connectivity index (χ1) is 15.9. The van der Waals surface area contributed by atoms with Crippen LogP contribution >= 0.6 is 0 Å². The Kier molecular flexibility index (Phi) is 6.92. The third kappa shape index (κ3) is 4.22. The summed E-state index contributed by atoms with van der Waals surface area (Å²) >= 11 is 0. The average molecular weight is 479 g/mol. The highest BCUT2D eigenvalue weighted by atomic mass is 16.3. The molecule has 2 saturated heterocycles. The Morgan fingerprint density at radius 1 is 1.09 bits per heavy atom. The minimum atomic E-state index is -1.05. The molecule has 7 amide bonds. The molecule has 0 aromatic heterocycles. The molecule has 1 aliphatic carbocycles. The number of aliphatic hydroxyl groups excluding tert-OH is 1. The van der Waals surface area contributed by atoms with Crippen LogP contribution in [0.25, 0.3) is 0 Å². The van der Waals surface area contributed by atoms with Crippen molar-refractivity contribution in [1.29, 1.82) is 0 Å². The first kappa shape index (κ1) is 25.5. The Labute approximate surface area is 198 Å². The van der Waals surface area contributed by atoms with Crippen molar-refractivity contribution in [1.82, 2.24) is 20.0 Å². The van der Waals surface area contributed by atoms with Gasteiger partial charge in [-0.15, -0.1) is 0 Å². The molecule has 34 heavy (non-hydrogen) atoms. The number of hydrogen-bond donors (Lipinski definition) is 4. The van der Waals surface area contributed by atoms with Crippen LogP contribution in [0.3, 0.4) is 0 Å². The van der Waals surface area contributed by atoms with Gasteiger partial charge in [0.1, 0.15) is 16.9 Å². The highest BCUT2D eigenvalue weighted by Gasteiger charge is 2.51. The van der Waals surface area contributed by atoms with Gasteiger partial charge in [0.05, 0.1) is 6.61 Å². The second-order valence-electron chi connectivity index (χ2n) is 9.89. The summed E-state index contributed by atoms with van der Waals surface area (Å²) in [7, 11) is 0. The van der Waals surface area contributed by atoms with E-state index in [1.54, 1.807) is 13.8 Å². The number of nitrogens with two attached hydrogens (primary N) is 2. The summed E-state index contributed by atoms with van der Waals surface area (Å²) in [5, 5.41) is 12.5. The molecule has 6 N–H and O–H groups in total. The standard InChI is InChI=1S/C22H34N6O6/c1-4-5-10-26-16(30)14(15(23)24)17(31)28(20(26)34)13-6-8-22(12-29,9-7-13)11-27-19(33)25-18(32)21(27,2)3/h13,29H,4-12,23-24H2,1-3H3,(H,25,32,33). The fourth-order valence-electron chi connectivity index (χ4n) is 4.87. The Balaban J connectivity index is 1.80.